The first kappa shape index (κ1) is 10.2. The summed E-state index contributed by atoms with van der Waals surface area (Å²) in [6.45, 7) is 0.934. The zero-order valence-electron chi connectivity index (χ0n) is 9.14. The number of nitrogens with zero attached hydrogens (tertiary/aromatic N) is 1. The van der Waals surface area contributed by atoms with Crippen LogP contribution in [0, 0.1) is 0 Å². The Labute approximate surface area is 97.3 Å². The maximum atomic E-state index is 11.7. The number of aromatic nitrogens is 2. The highest BCUT2D eigenvalue weighted by Crippen LogP contribution is 2.23. The second-order valence-corrected chi connectivity index (χ2v) is 3.99. The molecule has 0 saturated carbocycles. The van der Waals surface area contributed by atoms with Gasteiger partial charge in [0.25, 0.3) is 5.56 Å². The minimum absolute atomic E-state index is 0.146. The molecule has 1 aromatic carbocycles. The first-order valence-corrected chi connectivity index (χ1v) is 5.46. The highest BCUT2D eigenvalue weighted by atomic mass is 16.5. The summed E-state index contributed by atoms with van der Waals surface area (Å²) in [5.74, 6) is 0.146. The molecular formula is C12H12N2O3. The second kappa shape index (κ2) is 3.78. The average Bonchev–Trinajstić information content (AvgIpc) is 2.68. The summed E-state index contributed by atoms with van der Waals surface area (Å²) < 4.78 is 6.91. The van der Waals surface area contributed by atoms with Crippen LogP contribution in [0.4, 0.5) is 0 Å². The lowest BCUT2D eigenvalue weighted by Crippen LogP contribution is -2.15. The van der Waals surface area contributed by atoms with Crippen molar-refractivity contribution in [1.29, 1.82) is 0 Å². The normalized spacial score (nSPS) is 14.6. The van der Waals surface area contributed by atoms with Crippen LogP contribution in [-0.2, 0) is 17.8 Å². The van der Waals surface area contributed by atoms with Gasteiger partial charge in [-0.2, -0.15) is 0 Å². The van der Waals surface area contributed by atoms with Crippen LogP contribution < -0.4 is 5.56 Å². The van der Waals surface area contributed by atoms with E-state index in [1.807, 2.05) is 6.07 Å². The Morgan fingerprint density at radius 1 is 1.35 bits per heavy atom. The van der Waals surface area contributed by atoms with E-state index in [9.17, 15) is 9.90 Å². The van der Waals surface area contributed by atoms with Gasteiger partial charge in [0.05, 0.1) is 24.5 Å². The molecule has 5 nitrogen and oxygen atoms in total. The number of hydrogen-bond acceptors (Lipinski definition) is 3. The zero-order chi connectivity index (χ0) is 11.8. The summed E-state index contributed by atoms with van der Waals surface area (Å²) in [4.78, 5) is 11.7. The highest BCUT2D eigenvalue weighted by molar-refractivity contribution is 5.46. The highest BCUT2D eigenvalue weighted by Gasteiger charge is 2.20. The van der Waals surface area contributed by atoms with Crippen LogP contribution in [0.25, 0.3) is 5.69 Å². The van der Waals surface area contributed by atoms with Gasteiger partial charge in [-0.3, -0.25) is 14.6 Å². The molecule has 2 N–H and O–H groups in total. The molecule has 3 rings (SSSR count). The van der Waals surface area contributed by atoms with E-state index in [2.05, 4.69) is 5.10 Å². The van der Waals surface area contributed by atoms with Gasteiger partial charge in [-0.25, -0.2) is 0 Å². The van der Waals surface area contributed by atoms with E-state index in [1.54, 1.807) is 22.9 Å². The number of aromatic hydroxyl groups is 1. The van der Waals surface area contributed by atoms with Crippen LogP contribution in [0.1, 0.15) is 11.3 Å². The van der Waals surface area contributed by atoms with E-state index in [1.165, 1.54) is 0 Å². The van der Waals surface area contributed by atoms with E-state index in [0.29, 0.717) is 30.9 Å². The number of fused-ring (bicyclic) bond motifs is 1. The summed E-state index contributed by atoms with van der Waals surface area (Å²) in [6.07, 6.45) is 0.669. The molecule has 1 aliphatic rings. The number of H-pyrrole nitrogens is 1. The molecule has 0 fully saturated rings. The van der Waals surface area contributed by atoms with E-state index >= 15 is 0 Å². The molecule has 0 atom stereocenters. The second-order valence-electron chi connectivity index (χ2n) is 3.99. The van der Waals surface area contributed by atoms with Crippen molar-refractivity contribution in [1.82, 2.24) is 9.78 Å². The maximum Gasteiger partial charge on any atom is 0.270 e. The molecule has 2 heterocycles. The van der Waals surface area contributed by atoms with E-state index in [-0.39, 0.29) is 11.3 Å². The van der Waals surface area contributed by atoms with Crippen molar-refractivity contribution in [3.05, 3.63) is 45.9 Å². The van der Waals surface area contributed by atoms with Crippen LogP contribution in [0.3, 0.4) is 0 Å². The fourth-order valence-corrected chi connectivity index (χ4v) is 2.12. The number of aromatic amines is 1. The standard InChI is InChI=1S/C12H12N2O3/c15-11-4-2-1-3-10(11)14-9-5-6-17-7-8(9)12(16)13-14/h1-4,15H,5-7H2,(H,13,16). The molecule has 17 heavy (non-hydrogen) atoms. The number of hydrogen-bond donors (Lipinski definition) is 2. The number of phenols is 1. The fraction of sp³-hybridized carbons (Fsp3) is 0.250. The molecule has 0 radical (unpaired) electrons. The summed E-state index contributed by atoms with van der Waals surface area (Å²) in [5.41, 5.74) is 1.98. The lowest BCUT2D eigenvalue weighted by atomic mass is 10.1. The van der Waals surface area contributed by atoms with Crippen molar-refractivity contribution < 1.29 is 9.84 Å². The first-order chi connectivity index (χ1) is 8.27. The van der Waals surface area contributed by atoms with Crippen molar-refractivity contribution >= 4 is 0 Å². The van der Waals surface area contributed by atoms with E-state index < -0.39 is 0 Å². The Kier molecular flexibility index (Phi) is 2.26. The third kappa shape index (κ3) is 1.55. The largest absolute Gasteiger partial charge is 0.506 e. The minimum atomic E-state index is -0.150. The Hall–Kier alpha value is -2.01. The smallest absolute Gasteiger partial charge is 0.270 e. The quantitative estimate of drug-likeness (QED) is 0.769. The molecule has 0 amide bonds. The lowest BCUT2D eigenvalue weighted by Gasteiger charge is -2.15. The summed E-state index contributed by atoms with van der Waals surface area (Å²) in [6, 6.07) is 6.93. The Balaban J connectivity index is 2.22. The topological polar surface area (TPSA) is 67.2 Å². The van der Waals surface area contributed by atoms with Crippen molar-refractivity contribution in [3.63, 3.8) is 0 Å². The van der Waals surface area contributed by atoms with Gasteiger partial charge in [0.2, 0.25) is 0 Å². The van der Waals surface area contributed by atoms with Gasteiger partial charge < -0.3 is 9.84 Å². The Bertz CT molecular complexity index is 612. The van der Waals surface area contributed by atoms with Crippen molar-refractivity contribution in [2.75, 3.05) is 6.61 Å². The Morgan fingerprint density at radius 3 is 3.00 bits per heavy atom. The first-order valence-electron chi connectivity index (χ1n) is 5.46. The SMILES string of the molecule is O=c1[nH]n(-c2ccccc2O)c2c1COCC2. The fourth-order valence-electron chi connectivity index (χ4n) is 2.12. The predicted molar refractivity (Wildman–Crippen MR) is 61.4 cm³/mol. The molecule has 2 aromatic rings. The molecule has 0 aliphatic carbocycles. The van der Waals surface area contributed by atoms with Gasteiger partial charge in [0.15, 0.2) is 0 Å². The minimum Gasteiger partial charge on any atom is -0.506 e. The van der Waals surface area contributed by atoms with E-state index in [4.69, 9.17) is 4.74 Å². The summed E-state index contributed by atoms with van der Waals surface area (Å²) >= 11 is 0. The summed E-state index contributed by atoms with van der Waals surface area (Å²) in [7, 11) is 0. The molecule has 1 aromatic heterocycles. The molecular weight excluding hydrogens is 220 g/mol. The zero-order valence-corrected chi connectivity index (χ0v) is 9.14. The number of benzene rings is 1. The third-order valence-electron chi connectivity index (χ3n) is 2.96. The van der Waals surface area contributed by atoms with Crippen molar-refractivity contribution in [3.8, 4) is 11.4 Å². The third-order valence-corrected chi connectivity index (χ3v) is 2.96. The van der Waals surface area contributed by atoms with Gasteiger partial charge in [0, 0.05) is 6.42 Å². The summed E-state index contributed by atoms with van der Waals surface area (Å²) in [5, 5.41) is 12.5. The van der Waals surface area contributed by atoms with E-state index in [0.717, 1.165) is 5.69 Å². The molecule has 0 saturated heterocycles. The number of para-hydroxylation sites is 2. The number of phenolic OH excluding ortho intramolecular Hbond substituents is 1. The molecule has 1 aliphatic heterocycles. The van der Waals surface area contributed by atoms with Gasteiger partial charge >= 0.3 is 0 Å². The predicted octanol–water partition coefficient (Wildman–Crippen LogP) is 0.944. The van der Waals surface area contributed by atoms with Gasteiger partial charge in [-0.1, -0.05) is 12.1 Å². The van der Waals surface area contributed by atoms with Crippen molar-refractivity contribution in [2.24, 2.45) is 0 Å². The lowest BCUT2D eigenvalue weighted by molar-refractivity contribution is 0.109. The average molecular weight is 232 g/mol. The number of ether oxygens (including phenoxy) is 1. The van der Waals surface area contributed by atoms with Crippen LogP contribution in [0.15, 0.2) is 29.1 Å². The van der Waals surface area contributed by atoms with Crippen LogP contribution in [-0.4, -0.2) is 21.5 Å². The van der Waals surface area contributed by atoms with Crippen LogP contribution in [0.2, 0.25) is 0 Å². The van der Waals surface area contributed by atoms with Crippen LogP contribution in [0.5, 0.6) is 5.75 Å². The molecule has 0 bridgehead atoms. The molecule has 0 unspecified atom stereocenters. The van der Waals surface area contributed by atoms with Crippen molar-refractivity contribution in [2.45, 2.75) is 13.0 Å². The monoisotopic (exact) mass is 232 g/mol. The molecule has 0 spiro atoms. The Morgan fingerprint density at radius 2 is 2.18 bits per heavy atom. The number of nitrogens with one attached hydrogen (secondary N) is 1. The van der Waals surface area contributed by atoms with Crippen LogP contribution >= 0.6 is 0 Å². The molecule has 88 valence electrons. The van der Waals surface area contributed by atoms with Gasteiger partial charge in [-0.15, -0.1) is 0 Å². The van der Waals surface area contributed by atoms with Gasteiger partial charge in [-0.05, 0) is 12.1 Å². The molecule has 5 heteroatoms. The van der Waals surface area contributed by atoms with Gasteiger partial charge in [0.1, 0.15) is 11.4 Å². The number of rotatable bonds is 1. The maximum absolute atomic E-state index is 11.7.